The van der Waals surface area contributed by atoms with E-state index in [1.165, 1.54) is 12.1 Å². The molecule has 0 saturated heterocycles. The zero-order valence-electron chi connectivity index (χ0n) is 8.34. The summed E-state index contributed by atoms with van der Waals surface area (Å²) in [6.45, 7) is 0. The van der Waals surface area contributed by atoms with Crippen molar-refractivity contribution in [3.8, 4) is 0 Å². The Balaban J connectivity index is 2.24. The minimum atomic E-state index is -0.357. The lowest BCUT2D eigenvalue weighted by Crippen LogP contribution is -2.11. The first-order valence-corrected chi connectivity index (χ1v) is 6.55. The maximum absolute atomic E-state index is 11.8. The molecule has 0 aliphatic carbocycles. The third-order valence-electron chi connectivity index (χ3n) is 2.00. The summed E-state index contributed by atoms with van der Waals surface area (Å²) in [5.74, 6) is -0.192. The SMILES string of the molecule is O=C(Nc1c(Br)cccc1Br)c1ccc(Cl)o1. The normalized spacial score (nSPS) is 10.3. The minimum Gasteiger partial charge on any atom is -0.440 e. The second-order valence-electron chi connectivity index (χ2n) is 3.15. The Morgan fingerprint density at radius 3 is 2.35 bits per heavy atom. The van der Waals surface area contributed by atoms with Crippen molar-refractivity contribution in [3.05, 3.63) is 50.3 Å². The molecule has 88 valence electrons. The van der Waals surface area contributed by atoms with E-state index >= 15 is 0 Å². The molecule has 0 radical (unpaired) electrons. The number of hydrogen-bond donors (Lipinski definition) is 1. The molecule has 0 saturated carbocycles. The molecule has 17 heavy (non-hydrogen) atoms. The predicted octanol–water partition coefficient (Wildman–Crippen LogP) is 4.71. The average Bonchev–Trinajstić information content (AvgIpc) is 2.70. The summed E-state index contributed by atoms with van der Waals surface area (Å²) in [5.41, 5.74) is 0.644. The largest absolute Gasteiger partial charge is 0.440 e. The highest BCUT2D eigenvalue weighted by Gasteiger charge is 2.13. The fourth-order valence-corrected chi connectivity index (χ4v) is 2.57. The van der Waals surface area contributed by atoms with Crippen LogP contribution in [0.4, 0.5) is 5.69 Å². The van der Waals surface area contributed by atoms with E-state index < -0.39 is 0 Å². The van der Waals surface area contributed by atoms with Gasteiger partial charge in [0, 0.05) is 8.95 Å². The lowest BCUT2D eigenvalue weighted by Gasteiger charge is -2.07. The van der Waals surface area contributed by atoms with Gasteiger partial charge in [0.05, 0.1) is 5.69 Å². The second kappa shape index (κ2) is 5.25. The molecule has 1 N–H and O–H groups in total. The lowest BCUT2D eigenvalue weighted by atomic mass is 10.3. The minimum absolute atomic E-state index is 0.164. The number of amides is 1. The van der Waals surface area contributed by atoms with Crippen LogP contribution < -0.4 is 5.32 Å². The molecule has 6 heteroatoms. The van der Waals surface area contributed by atoms with E-state index in [4.69, 9.17) is 16.0 Å². The Hall–Kier alpha value is -0.780. The van der Waals surface area contributed by atoms with E-state index in [9.17, 15) is 4.79 Å². The van der Waals surface area contributed by atoms with Gasteiger partial charge in [-0.15, -0.1) is 0 Å². The summed E-state index contributed by atoms with van der Waals surface area (Å²) in [5, 5.41) is 2.90. The number of rotatable bonds is 2. The number of benzene rings is 1. The van der Waals surface area contributed by atoms with Gasteiger partial charge >= 0.3 is 0 Å². The number of anilines is 1. The van der Waals surface area contributed by atoms with E-state index in [1.807, 2.05) is 18.2 Å². The zero-order valence-corrected chi connectivity index (χ0v) is 12.3. The first-order valence-electron chi connectivity index (χ1n) is 4.58. The third kappa shape index (κ3) is 2.91. The number of hydrogen-bond acceptors (Lipinski definition) is 2. The van der Waals surface area contributed by atoms with Gasteiger partial charge in [0.2, 0.25) is 0 Å². The Kier molecular flexibility index (Phi) is 3.91. The standard InChI is InChI=1S/C11H6Br2ClNO2/c12-6-2-1-3-7(13)10(6)15-11(16)8-4-5-9(14)17-8/h1-5H,(H,15,16). The number of nitrogens with one attached hydrogen (secondary N) is 1. The molecule has 2 aromatic rings. The van der Waals surface area contributed by atoms with Crippen LogP contribution in [-0.2, 0) is 0 Å². The van der Waals surface area contributed by atoms with Gasteiger partial charge in [-0.25, -0.2) is 0 Å². The van der Waals surface area contributed by atoms with Crippen LogP contribution in [-0.4, -0.2) is 5.91 Å². The third-order valence-corrected chi connectivity index (χ3v) is 3.52. The van der Waals surface area contributed by atoms with Crippen LogP contribution in [0.15, 0.2) is 43.7 Å². The molecule has 1 aromatic carbocycles. The van der Waals surface area contributed by atoms with E-state index in [2.05, 4.69) is 37.2 Å². The second-order valence-corrected chi connectivity index (χ2v) is 5.24. The van der Waals surface area contributed by atoms with Crippen molar-refractivity contribution in [2.45, 2.75) is 0 Å². The summed E-state index contributed by atoms with van der Waals surface area (Å²) in [6.07, 6.45) is 0. The van der Waals surface area contributed by atoms with Crippen molar-refractivity contribution in [3.63, 3.8) is 0 Å². The molecular weight excluding hydrogens is 373 g/mol. The van der Waals surface area contributed by atoms with Gasteiger partial charge in [-0.05, 0) is 67.7 Å². The maximum Gasteiger partial charge on any atom is 0.291 e. The summed E-state index contributed by atoms with van der Waals surface area (Å²) in [4.78, 5) is 11.8. The molecule has 0 bridgehead atoms. The van der Waals surface area contributed by atoms with Crippen LogP contribution >= 0.6 is 43.5 Å². The predicted molar refractivity (Wildman–Crippen MR) is 73.5 cm³/mol. The van der Waals surface area contributed by atoms with Gasteiger partial charge in [-0.2, -0.15) is 0 Å². The van der Waals surface area contributed by atoms with E-state index in [1.54, 1.807) is 0 Å². The highest BCUT2D eigenvalue weighted by Crippen LogP contribution is 2.31. The van der Waals surface area contributed by atoms with Crippen LogP contribution in [0.1, 0.15) is 10.6 Å². The molecule has 1 aromatic heterocycles. The first-order chi connectivity index (χ1) is 8.08. The van der Waals surface area contributed by atoms with E-state index in [-0.39, 0.29) is 16.9 Å². The number of furan rings is 1. The first kappa shape index (κ1) is 12.7. The smallest absolute Gasteiger partial charge is 0.291 e. The van der Waals surface area contributed by atoms with Gasteiger partial charge in [0.25, 0.3) is 5.91 Å². The van der Waals surface area contributed by atoms with Crippen molar-refractivity contribution < 1.29 is 9.21 Å². The van der Waals surface area contributed by atoms with Crippen LogP contribution in [0.5, 0.6) is 0 Å². The molecule has 0 aliphatic rings. The summed E-state index contributed by atoms with van der Waals surface area (Å²) in [6, 6.07) is 8.55. The Bertz CT molecular complexity index is 548. The van der Waals surface area contributed by atoms with Crippen molar-refractivity contribution in [2.75, 3.05) is 5.32 Å². The zero-order chi connectivity index (χ0) is 12.4. The van der Waals surface area contributed by atoms with Gasteiger partial charge in [-0.3, -0.25) is 4.79 Å². The van der Waals surface area contributed by atoms with Crippen molar-refractivity contribution in [2.24, 2.45) is 0 Å². The number of halogens is 3. The highest BCUT2D eigenvalue weighted by atomic mass is 79.9. The average molecular weight is 379 g/mol. The summed E-state index contributed by atoms with van der Waals surface area (Å²) < 4.78 is 6.57. The molecule has 1 amide bonds. The van der Waals surface area contributed by atoms with Crippen molar-refractivity contribution in [1.82, 2.24) is 0 Å². The van der Waals surface area contributed by atoms with Crippen LogP contribution in [0.25, 0.3) is 0 Å². The molecule has 1 heterocycles. The topological polar surface area (TPSA) is 42.2 Å². The molecule has 0 aliphatic heterocycles. The van der Waals surface area contributed by atoms with Crippen LogP contribution in [0.3, 0.4) is 0 Å². The fraction of sp³-hybridized carbons (Fsp3) is 0. The fourth-order valence-electron chi connectivity index (χ4n) is 1.23. The Morgan fingerprint density at radius 1 is 1.18 bits per heavy atom. The molecular formula is C11H6Br2ClNO2. The highest BCUT2D eigenvalue weighted by molar-refractivity contribution is 9.11. The number of carbonyl (C=O) groups excluding carboxylic acids is 1. The molecule has 3 nitrogen and oxygen atoms in total. The molecule has 0 fully saturated rings. The molecule has 2 rings (SSSR count). The van der Waals surface area contributed by atoms with E-state index in [0.717, 1.165) is 8.95 Å². The summed E-state index contributed by atoms with van der Waals surface area (Å²) in [7, 11) is 0. The number of para-hydroxylation sites is 1. The van der Waals surface area contributed by atoms with Gasteiger partial charge in [0.15, 0.2) is 11.0 Å². The Labute approximate surface area is 119 Å². The molecule has 0 spiro atoms. The Morgan fingerprint density at radius 2 is 1.82 bits per heavy atom. The van der Waals surface area contributed by atoms with Crippen LogP contribution in [0.2, 0.25) is 5.22 Å². The molecule has 0 unspecified atom stereocenters. The summed E-state index contributed by atoms with van der Waals surface area (Å²) >= 11 is 12.3. The monoisotopic (exact) mass is 377 g/mol. The van der Waals surface area contributed by atoms with Crippen molar-refractivity contribution in [1.29, 1.82) is 0 Å². The van der Waals surface area contributed by atoms with E-state index in [0.29, 0.717) is 5.69 Å². The van der Waals surface area contributed by atoms with Gasteiger partial charge < -0.3 is 9.73 Å². The lowest BCUT2D eigenvalue weighted by molar-refractivity contribution is 0.0996. The van der Waals surface area contributed by atoms with Crippen molar-refractivity contribution >= 4 is 55.1 Å². The van der Waals surface area contributed by atoms with Crippen LogP contribution in [0, 0.1) is 0 Å². The number of carbonyl (C=O) groups is 1. The van der Waals surface area contributed by atoms with Gasteiger partial charge in [-0.1, -0.05) is 6.07 Å². The quantitative estimate of drug-likeness (QED) is 0.821. The van der Waals surface area contributed by atoms with Gasteiger partial charge in [0.1, 0.15) is 0 Å². The molecule has 0 atom stereocenters. The maximum atomic E-state index is 11.8.